The van der Waals surface area contributed by atoms with Crippen LogP contribution in [0.5, 0.6) is 0 Å². The first kappa shape index (κ1) is 18.1. The molecule has 0 radical (unpaired) electrons. The number of amides is 2. The standard InChI is InChI=1S/C19H16N4O4S/c24-16(9-10-18-20-12-5-1-3-7-14(12)26-18)22-23-17(25)11-28-19-21-13-6-2-4-8-15(13)27-19/h1-8H,9-11H2,(H,22,24)(H,23,25). The van der Waals surface area contributed by atoms with Gasteiger partial charge in [-0.1, -0.05) is 36.0 Å². The Hall–Kier alpha value is -3.33. The van der Waals surface area contributed by atoms with Crippen molar-refractivity contribution in [3.05, 3.63) is 54.4 Å². The van der Waals surface area contributed by atoms with Crippen LogP contribution < -0.4 is 10.9 Å². The van der Waals surface area contributed by atoms with E-state index >= 15 is 0 Å². The summed E-state index contributed by atoms with van der Waals surface area (Å²) in [7, 11) is 0. The second-order valence-corrected chi connectivity index (χ2v) is 6.83. The molecule has 4 rings (SSSR count). The highest BCUT2D eigenvalue weighted by molar-refractivity contribution is 7.99. The van der Waals surface area contributed by atoms with Crippen molar-refractivity contribution in [1.29, 1.82) is 0 Å². The Balaban J connectivity index is 1.20. The van der Waals surface area contributed by atoms with Crippen molar-refractivity contribution in [2.45, 2.75) is 18.1 Å². The summed E-state index contributed by atoms with van der Waals surface area (Å²) in [4.78, 5) is 32.4. The molecule has 0 saturated heterocycles. The van der Waals surface area contributed by atoms with Gasteiger partial charge in [-0.05, 0) is 24.3 Å². The van der Waals surface area contributed by atoms with E-state index in [9.17, 15) is 9.59 Å². The number of benzene rings is 2. The molecule has 2 amide bonds. The lowest BCUT2D eigenvalue weighted by Crippen LogP contribution is -2.42. The fraction of sp³-hybridized carbons (Fsp3) is 0.158. The number of hydrogen-bond acceptors (Lipinski definition) is 7. The summed E-state index contributed by atoms with van der Waals surface area (Å²) >= 11 is 1.15. The van der Waals surface area contributed by atoms with Crippen LogP contribution in [0.2, 0.25) is 0 Å². The molecule has 0 fully saturated rings. The third-order valence-corrected chi connectivity index (χ3v) is 4.67. The maximum atomic E-state index is 11.9. The molecule has 0 aliphatic rings. The second kappa shape index (κ2) is 8.13. The summed E-state index contributed by atoms with van der Waals surface area (Å²) in [6, 6.07) is 14.8. The van der Waals surface area contributed by atoms with Gasteiger partial charge in [0.25, 0.3) is 5.22 Å². The van der Waals surface area contributed by atoms with Crippen LogP contribution in [-0.2, 0) is 16.0 Å². The molecular formula is C19H16N4O4S. The van der Waals surface area contributed by atoms with Crippen molar-refractivity contribution in [2.75, 3.05) is 5.75 Å². The number of carbonyl (C=O) groups is 2. The van der Waals surface area contributed by atoms with E-state index in [1.807, 2.05) is 48.5 Å². The van der Waals surface area contributed by atoms with Crippen molar-refractivity contribution in [1.82, 2.24) is 20.8 Å². The molecule has 0 bridgehead atoms. The molecule has 0 spiro atoms. The topological polar surface area (TPSA) is 110 Å². The number of oxazole rings is 2. The van der Waals surface area contributed by atoms with Crippen molar-refractivity contribution in [3.63, 3.8) is 0 Å². The SMILES string of the molecule is O=C(CCc1nc2ccccc2o1)NNC(=O)CSc1nc2ccccc2o1. The van der Waals surface area contributed by atoms with E-state index in [-0.39, 0.29) is 24.0 Å². The summed E-state index contributed by atoms with van der Waals surface area (Å²) < 4.78 is 11.1. The van der Waals surface area contributed by atoms with Gasteiger partial charge in [-0.25, -0.2) is 9.97 Å². The fourth-order valence-corrected chi connectivity index (χ4v) is 3.16. The van der Waals surface area contributed by atoms with Crippen molar-refractivity contribution in [2.24, 2.45) is 0 Å². The summed E-state index contributed by atoms with van der Waals surface area (Å²) in [6.07, 6.45) is 0.486. The zero-order chi connectivity index (χ0) is 19.3. The highest BCUT2D eigenvalue weighted by Gasteiger charge is 2.11. The second-order valence-electron chi connectivity index (χ2n) is 5.91. The quantitative estimate of drug-likeness (QED) is 0.381. The maximum Gasteiger partial charge on any atom is 0.257 e. The van der Waals surface area contributed by atoms with Gasteiger partial charge >= 0.3 is 0 Å². The molecule has 0 aliphatic heterocycles. The van der Waals surface area contributed by atoms with Gasteiger partial charge in [0.2, 0.25) is 11.8 Å². The monoisotopic (exact) mass is 396 g/mol. The number of fused-ring (bicyclic) bond motifs is 2. The third-order valence-electron chi connectivity index (χ3n) is 3.85. The number of carbonyl (C=O) groups excluding carboxylic acids is 2. The third kappa shape index (κ3) is 4.32. The Morgan fingerprint density at radius 2 is 1.50 bits per heavy atom. The number of aryl methyl sites for hydroxylation is 1. The molecule has 2 aromatic carbocycles. The average molecular weight is 396 g/mol. The first-order chi connectivity index (χ1) is 13.7. The Morgan fingerprint density at radius 1 is 0.857 bits per heavy atom. The van der Waals surface area contributed by atoms with Crippen molar-refractivity contribution < 1.29 is 18.4 Å². The molecule has 8 nitrogen and oxygen atoms in total. The molecular weight excluding hydrogens is 380 g/mol. The number of nitrogens with zero attached hydrogens (tertiary/aromatic N) is 2. The number of rotatable bonds is 6. The highest BCUT2D eigenvalue weighted by Crippen LogP contribution is 2.22. The first-order valence-corrected chi connectivity index (χ1v) is 9.56. The number of hydrazine groups is 1. The molecule has 0 aliphatic carbocycles. The molecule has 0 atom stereocenters. The van der Waals surface area contributed by atoms with Crippen LogP contribution in [0.1, 0.15) is 12.3 Å². The van der Waals surface area contributed by atoms with Gasteiger partial charge in [-0.15, -0.1) is 0 Å². The number of hydrogen-bond donors (Lipinski definition) is 2. The highest BCUT2D eigenvalue weighted by atomic mass is 32.2. The van der Waals surface area contributed by atoms with Gasteiger partial charge in [-0.2, -0.15) is 0 Å². The summed E-state index contributed by atoms with van der Waals surface area (Å²) in [6.45, 7) is 0. The molecule has 142 valence electrons. The molecule has 9 heteroatoms. The van der Waals surface area contributed by atoms with Crippen LogP contribution in [0.25, 0.3) is 22.2 Å². The Morgan fingerprint density at radius 3 is 2.21 bits per heavy atom. The molecule has 4 aromatic rings. The summed E-state index contributed by atoms with van der Waals surface area (Å²) in [5.41, 5.74) is 7.58. The van der Waals surface area contributed by atoms with E-state index in [2.05, 4.69) is 20.8 Å². The van der Waals surface area contributed by atoms with E-state index in [0.717, 1.165) is 22.8 Å². The predicted molar refractivity (Wildman–Crippen MR) is 103 cm³/mol. The maximum absolute atomic E-state index is 11.9. The molecule has 2 heterocycles. The Kier molecular flexibility index (Phi) is 5.24. The zero-order valence-electron chi connectivity index (χ0n) is 14.7. The van der Waals surface area contributed by atoms with Gasteiger partial charge in [0.15, 0.2) is 17.1 Å². The smallest absolute Gasteiger partial charge is 0.257 e. The molecule has 0 unspecified atom stereocenters. The Labute approximate surface area is 163 Å². The largest absolute Gasteiger partial charge is 0.441 e. The normalized spacial score (nSPS) is 11.0. The van der Waals surface area contributed by atoms with Crippen molar-refractivity contribution in [3.8, 4) is 0 Å². The number of aromatic nitrogens is 2. The lowest BCUT2D eigenvalue weighted by molar-refractivity contribution is -0.127. The minimum absolute atomic E-state index is 0.0677. The summed E-state index contributed by atoms with van der Waals surface area (Å²) in [5, 5.41) is 0.402. The lowest BCUT2D eigenvalue weighted by Gasteiger charge is -2.05. The lowest BCUT2D eigenvalue weighted by atomic mass is 10.3. The molecule has 0 saturated carbocycles. The van der Waals surface area contributed by atoms with E-state index in [0.29, 0.717) is 28.7 Å². The fourth-order valence-electron chi connectivity index (χ4n) is 2.53. The molecule has 28 heavy (non-hydrogen) atoms. The number of thioether (sulfide) groups is 1. The Bertz CT molecular complexity index is 981. The minimum atomic E-state index is -0.359. The van der Waals surface area contributed by atoms with E-state index < -0.39 is 0 Å². The van der Waals surface area contributed by atoms with Gasteiger partial charge < -0.3 is 8.83 Å². The molecule has 2 N–H and O–H groups in total. The minimum Gasteiger partial charge on any atom is -0.441 e. The van der Waals surface area contributed by atoms with Crippen LogP contribution >= 0.6 is 11.8 Å². The van der Waals surface area contributed by atoms with E-state index in [1.165, 1.54) is 0 Å². The van der Waals surface area contributed by atoms with Crippen LogP contribution in [0.15, 0.2) is 62.6 Å². The van der Waals surface area contributed by atoms with Crippen LogP contribution in [-0.4, -0.2) is 27.5 Å². The van der Waals surface area contributed by atoms with Gasteiger partial charge in [0.1, 0.15) is 11.0 Å². The average Bonchev–Trinajstić information content (AvgIpc) is 3.32. The van der Waals surface area contributed by atoms with E-state index in [4.69, 9.17) is 8.83 Å². The van der Waals surface area contributed by atoms with Crippen LogP contribution in [0.4, 0.5) is 0 Å². The van der Waals surface area contributed by atoms with Crippen LogP contribution in [0.3, 0.4) is 0 Å². The molecule has 2 aromatic heterocycles. The summed E-state index contributed by atoms with van der Waals surface area (Å²) in [5.74, 6) is -0.141. The zero-order valence-corrected chi connectivity index (χ0v) is 15.5. The van der Waals surface area contributed by atoms with E-state index in [1.54, 1.807) is 0 Å². The van der Waals surface area contributed by atoms with Crippen LogP contribution in [0, 0.1) is 0 Å². The van der Waals surface area contributed by atoms with Crippen molar-refractivity contribution >= 4 is 45.8 Å². The van der Waals surface area contributed by atoms with Gasteiger partial charge in [-0.3, -0.25) is 20.4 Å². The first-order valence-electron chi connectivity index (χ1n) is 8.58. The predicted octanol–water partition coefficient (Wildman–Crippen LogP) is 2.84. The number of nitrogens with one attached hydrogen (secondary N) is 2. The number of para-hydroxylation sites is 4. The van der Waals surface area contributed by atoms with Gasteiger partial charge in [0, 0.05) is 12.8 Å². The van der Waals surface area contributed by atoms with Gasteiger partial charge in [0.05, 0.1) is 5.75 Å².